The van der Waals surface area contributed by atoms with Gasteiger partial charge in [0.1, 0.15) is 16.6 Å². The highest BCUT2D eigenvalue weighted by molar-refractivity contribution is 8.27. The molecule has 0 saturated heterocycles. The minimum atomic E-state index is -0.472. The van der Waals surface area contributed by atoms with Crippen molar-refractivity contribution in [2.45, 2.75) is 20.8 Å². The van der Waals surface area contributed by atoms with Crippen molar-refractivity contribution in [1.29, 1.82) is 5.41 Å². The van der Waals surface area contributed by atoms with Crippen LogP contribution in [0, 0.1) is 18.3 Å². The van der Waals surface area contributed by atoms with Gasteiger partial charge in [0.2, 0.25) is 5.17 Å². The van der Waals surface area contributed by atoms with E-state index >= 15 is 0 Å². The number of rotatable bonds is 3. The van der Waals surface area contributed by atoms with Crippen molar-refractivity contribution in [1.82, 2.24) is 5.01 Å². The van der Waals surface area contributed by atoms with Crippen LogP contribution >= 0.6 is 23.4 Å². The zero-order chi connectivity index (χ0) is 20.0. The van der Waals surface area contributed by atoms with Crippen LogP contribution in [0.3, 0.4) is 0 Å². The smallest absolute Gasteiger partial charge is 0.283 e. The minimum Gasteiger partial charge on any atom is -0.457 e. The molecule has 1 aromatic heterocycles. The Balaban J connectivity index is 1.65. The highest BCUT2D eigenvalue weighted by atomic mass is 35.5. The fourth-order valence-corrected chi connectivity index (χ4v) is 3.79. The van der Waals surface area contributed by atoms with Crippen LogP contribution in [-0.4, -0.2) is 27.0 Å². The van der Waals surface area contributed by atoms with Crippen LogP contribution in [0.2, 0.25) is 5.02 Å². The van der Waals surface area contributed by atoms with Crippen LogP contribution in [0.25, 0.3) is 17.4 Å². The first-order chi connectivity index (χ1) is 13.3. The summed E-state index contributed by atoms with van der Waals surface area (Å²) in [7, 11) is 0. The zero-order valence-corrected chi connectivity index (χ0v) is 17.1. The SMILES string of the molecule is Cc1ccc(-c2ccc(/C=C3\C(=N)N4N=C(C(C)C)SC4=NC3=O)o2)cc1Cl. The van der Waals surface area contributed by atoms with Crippen LogP contribution in [0.15, 0.2) is 50.4 Å². The van der Waals surface area contributed by atoms with E-state index in [-0.39, 0.29) is 17.3 Å². The molecule has 0 unspecified atom stereocenters. The Hall–Kier alpha value is -2.64. The van der Waals surface area contributed by atoms with Gasteiger partial charge in [-0.1, -0.05) is 37.6 Å². The number of hydrazone groups is 1. The number of halogens is 1. The van der Waals surface area contributed by atoms with Crippen molar-refractivity contribution in [3.63, 3.8) is 0 Å². The van der Waals surface area contributed by atoms with Gasteiger partial charge < -0.3 is 4.42 Å². The first kappa shape index (κ1) is 18.7. The molecule has 0 aliphatic carbocycles. The molecular formula is C20H17ClN4O2S. The molecule has 1 amide bonds. The second-order valence-electron chi connectivity index (χ2n) is 6.78. The summed E-state index contributed by atoms with van der Waals surface area (Å²) in [5, 5.41) is 16.1. The first-order valence-electron chi connectivity index (χ1n) is 8.70. The zero-order valence-electron chi connectivity index (χ0n) is 15.5. The monoisotopic (exact) mass is 412 g/mol. The lowest BCUT2D eigenvalue weighted by molar-refractivity contribution is -0.114. The van der Waals surface area contributed by atoms with Gasteiger partial charge in [-0.15, -0.1) is 0 Å². The Morgan fingerprint density at radius 1 is 1.29 bits per heavy atom. The van der Waals surface area contributed by atoms with Gasteiger partial charge in [0.05, 0.1) is 5.57 Å². The number of carbonyl (C=O) groups excluding carboxylic acids is 1. The van der Waals surface area contributed by atoms with Crippen molar-refractivity contribution in [3.8, 4) is 11.3 Å². The number of aliphatic imine (C=N–C) groups is 1. The van der Waals surface area contributed by atoms with Crippen LogP contribution in [0.4, 0.5) is 0 Å². The molecule has 28 heavy (non-hydrogen) atoms. The maximum Gasteiger partial charge on any atom is 0.283 e. The van der Waals surface area contributed by atoms with E-state index in [1.165, 1.54) is 22.8 Å². The average Bonchev–Trinajstić information content (AvgIpc) is 3.28. The third-order valence-electron chi connectivity index (χ3n) is 4.33. The molecule has 2 aliphatic rings. The summed E-state index contributed by atoms with van der Waals surface area (Å²) in [6.07, 6.45) is 1.53. The molecular weight excluding hydrogens is 396 g/mol. The fraction of sp³-hybridized carbons (Fsp3) is 0.200. The number of hydrogen-bond donors (Lipinski definition) is 1. The number of hydrogen-bond acceptors (Lipinski definition) is 5. The molecule has 1 N–H and O–H groups in total. The minimum absolute atomic E-state index is 0.00511. The fourth-order valence-electron chi connectivity index (χ4n) is 2.71. The summed E-state index contributed by atoms with van der Waals surface area (Å²) >= 11 is 7.51. The summed E-state index contributed by atoms with van der Waals surface area (Å²) < 4.78 is 5.84. The molecule has 2 aliphatic heterocycles. The summed E-state index contributed by atoms with van der Waals surface area (Å²) in [5.74, 6) is 0.806. The molecule has 0 radical (unpaired) electrons. The van der Waals surface area contributed by atoms with E-state index in [0.29, 0.717) is 21.7 Å². The van der Waals surface area contributed by atoms with Crippen molar-refractivity contribution in [2.24, 2.45) is 16.0 Å². The van der Waals surface area contributed by atoms with E-state index in [2.05, 4.69) is 10.1 Å². The number of amides is 1. The van der Waals surface area contributed by atoms with Crippen molar-refractivity contribution < 1.29 is 9.21 Å². The molecule has 0 saturated carbocycles. The molecule has 3 heterocycles. The van der Waals surface area contributed by atoms with Gasteiger partial charge in [0, 0.05) is 16.5 Å². The molecule has 8 heteroatoms. The Bertz CT molecular complexity index is 1100. The third-order valence-corrected chi connectivity index (χ3v) is 5.95. The summed E-state index contributed by atoms with van der Waals surface area (Å²) in [6, 6.07) is 9.23. The number of nitrogens with one attached hydrogen (secondary N) is 1. The lowest BCUT2D eigenvalue weighted by Gasteiger charge is -2.19. The molecule has 1 aromatic carbocycles. The summed E-state index contributed by atoms with van der Waals surface area (Å²) in [5.41, 5.74) is 1.97. The Labute approximate surface area is 171 Å². The van der Waals surface area contributed by atoms with Crippen molar-refractivity contribution in [2.75, 3.05) is 0 Å². The predicted molar refractivity (Wildman–Crippen MR) is 114 cm³/mol. The lowest BCUT2D eigenvalue weighted by atomic mass is 10.1. The van der Waals surface area contributed by atoms with E-state index in [4.69, 9.17) is 21.4 Å². The number of fused-ring (bicyclic) bond motifs is 1. The van der Waals surface area contributed by atoms with Crippen LogP contribution in [0.1, 0.15) is 25.2 Å². The third kappa shape index (κ3) is 3.31. The molecule has 2 aromatic rings. The van der Waals surface area contributed by atoms with E-state index in [1.54, 1.807) is 12.1 Å². The van der Waals surface area contributed by atoms with Crippen molar-refractivity contribution in [3.05, 3.63) is 52.3 Å². The largest absolute Gasteiger partial charge is 0.457 e. The number of furan rings is 1. The first-order valence-corrected chi connectivity index (χ1v) is 9.89. The van der Waals surface area contributed by atoms with Crippen molar-refractivity contribution >= 4 is 51.4 Å². The van der Waals surface area contributed by atoms with Gasteiger partial charge in [-0.2, -0.15) is 15.1 Å². The van der Waals surface area contributed by atoms with Gasteiger partial charge in [0.25, 0.3) is 5.91 Å². The van der Waals surface area contributed by atoms with Crippen LogP contribution in [-0.2, 0) is 4.79 Å². The second kappa shape index (κ2) is 7.07. The average molecular weight is 413 g/mol. The summed E-state index contributed by atoms with van der Waals surface area (Å²) in [6.45, 7) is 5.95. The molecule has 0 fully saturated rings. The molecule has 0 bridgehead atoms. The molecule has 142 valence electrons. The lowest BCUT2D eigenvalue weighted by Crippen LogP contribution is -2.35. The van der Waals surface area contributed by atoms with Crippen LogP contribution in [0.5, 0.6) is 0 Å². The maximum absolute atomic E-state index is 12.4. The molecule has 0 atom stereocenters. The Morgan fingerprint density at radius 2 is 2.07 bits per heavy atom. The standard InChI is InChI=1S/C20H17ClN4O2S/c1-10(2)19-24-25-17(22)14(18(26)23-20(25)28-19)9-13-6-7-16(27-13)12-5-4-11(3)15(21)8-12/h4-10,22H,1-3H3/b14-9+,22-17?. The number of carbonyl (C=O) groups is 1. The number of aryl methyl sites for hydroxylation is 1. The molecule has 4 rings (SSSR count). The van der Waals surface area contributed by atoms with Crippen LogP contribution < -0.4 is 0 Å². The highest BCUT2D eigenvalue weighted by Gasteiger charge is 2.36. The van der Waals surface area contributed by atoms with E-state index in [0.717, 1.165) is 16.2 Å². The number of thioether (sulfide) groups is 1. The van der Waals surface area contributed by atoms with Gasteiger partial charge in [-0.25, -0.2) is 0 Å². The maximum atomic E-state index is 12.4. The molecule has 0 spiro atoms. The topological polar surface area (TPSA) is 82.0 Å². The Morgan fingerprint density at radius 3 is 2.79 bits per heavy atom. The number of amidine groups is 2. The van der Waals surface area contributed by atoms with E-state index in [1.807, 2.05) is 39.0 Å². The highest BCUT2D eigenvalue weighted by Crippen LogP contribution is 2.32. The van der Waals surface area contributed by atoms with Gasteiger partial charge in [-0.05, 0) is 48.5 Å². The molecule has 6 nitrogen and oxygen atoms in total. The number of benzene rings is 1. The quantitative estimate of drug-likeness (QED) is 0.704. The van der Waals surface area contributed by atoms with E-state index in [9.17, 15) is 4.79 Å². The summed E-state index contributed by atoms with van der Waals surface area (Å²) in [4.78, 5) is 16.5. The van der Waals surface area contributed by atoms with Gasteiger partial charge in [0.15, 0.2) is 5.84 Å². The normalized spacial score (nSPS) is 18.0. The predicted octanol–water partition coefficient (Wildman–Crippen LogP) is 5.18. The number of nitrogens with zero attached hydrogens (tertiary/aromatic N) is 3. The second-order valence-corrected chi connectivity index (χ2v) is 8.17. The van der Waals surface area contributed by atoms with E-state index < -0.39 is 5.91 Å². The van der Waals surface area contributed by atoms with Gasteiger partial charge in [-0.3, -0.25) is 10.2 Å². The Kier molecular flexibility index (Phi) is 4.72. The van der Waals surface area contributed by atoms with Gasteiger partial charge >= 0.3 is 0 Å².